The fourth-order valence-corrected chi connectivity index (χ4v) is 2.24. The van der Waals surface area contributed by atoms with Gasteiger partial charge < -0.3 is 20.3 Å². The Labute approximate surface area is 154 Å². The number of hydrogen-bond acceptors (Lipinski definition) is 4. The number of likely N-dealkylation sites (N-methyl/N-ethyl adjacent to an activating group) is 1. The normalized spacial score (nSPS) is 12.6. The molecule has 0 aliphatic carbocycles. The highest BCUT2D eigenvalue weighted by Gasteiger charge is 2.19. The number of amides is 4. The van der Waals surface area contributed by atoms with Gasteiger partial charge in [0.25, 0.3) is 11.8 Å². The van der Waals surface area contributed by atoms with Crippen molar-refractivity contribution in [3.8, 4) is 5.75 Å². The van der Waals surface area contributed by atoms with E-state index in [0.717, 1.165) is 11.3 Å². The van der Waals surface area contributed by atoms with Gasteiger partial charge >= 0.3 is 6.03 Å². The maximum atomic E-state index is 12.2. The van der Waals surface area contributed by atoms with E-state index >= 15 is 0 Å². The Kier molecular flexibility index (Phi) is 9.14. The summed E-state index contributed by atoms with van der Waals surface area (Å²) in [5.74, 6) is -0.0886. The molecule has 8 nitrogen and oxygen atoms in total. The number of imide groups is 1. The monoisotopic (exact) mass is 365 g/mol. The van der Waals surface area contributed by atoms with Gasteiger partial charge in [0.1, 0.15) is 5.75 Å². The van der Waals surface area contributed by atoms with Gasteiger partial charge in [0.2, 0.25) is 0 Å². The number of urea groups is 1. The first-order chi connectivity index (χ1) is 12.4. The number of ether oxygens (including phenoxy) is 1. The highest BCUT2D eigenvalue weighted by atomic mass is 16.5. The van der Waals surface area contributed by atoms with E-state index in [2.05, 4.69) is 16.0 Å². The van der Waals surface area contributed by atoms with E-state index in [1.807, 2.05) is 26.8 Å². The molecule has 0 spiro atoms. The second-order valence-electron chi connectivity index (χ2n) is 6.04. The largest absolute Gasteiger partial charge is 0.495 e. The Morgan fingerprint density at radius 1 is 1.12 bits per heavy atom. The summed E-state index contributed by atoms with van der Waals surface area (Å²) in [6, 6.07) is 6.58. The molecule has 0 aliphatic rings. The zero-order valence-corrected chi connectivity index (χ0v) is 15.8. The molecule has 1 aromatic carbocycles. The third kappa shape index (κ3) is 7.52. The second-order valence-corrected chi connectivity index (χ2v) is 6.04. The molecule has 26 heavy (non-hydrogen) atoms. The van der Waals surface area contributed by atoms with Crippen molar-refractivity contribution in [2.75, 3.05) is 32.1 Å². The number of carbonyl (C=O) groups is 3. The van der Waals surface area contributed by atoms with Gasteiger partial charge in [-0.2, -0.15) is 0 Å². The Bertz CT molecular complexity index is 621. The summed E-state index contributed by atoms with van der Waals surface area (Å²) >= 11 is 0. The minimum absolute atomic E-state index is 0.0101. The minimum atomic E-state index is -0.515. The molecule has 0 fully saturated rings. The molecular weight excluding hydrogens is 336 g/mol. The summed E-state index contributed by atoms with van der Waals surface area (Å²) in [5, 5.41) is 7.73. The van der Waals surface area contributed by atoms with Crippen molar-refractivity contribution in [2.24, 2.45) is 0 Å². The molecule has 144 valence electrons. The van der Waals surface area contributed by atoms with Crippen LogP contribution in [-0.2, 0) is 9.59 Å². The van der Waals surface area contributed by atoms with Gasteiger partial charge in [-0.1, -0.05) is 19.1 Å². The van der Waals surface area contributed by atoms with Gasteiger partial charge in [-0.25, -0.2) is 4.79 Å². The highest BCUT2D eigenvalue weighted by Crippen LogP contribution is 2.22. The summed E-state index contributed by atoms with van der Waals surface area (Å²) in [4.78, 5) is 36.7. The van der Waals surface area contributed by atoms with Crippen molar-refractivity contribution in [3.05, 3.63) is 24.3 Å². The van der Waals surface area contributed by atoms with Crippen molar-refractivity contribution in [3.63, 3.8) is 0 Å². The molecular formula is C18H29N4O4+. The molecule has 0 saturated carbocycles. The SMILES string of the molecule is CC[C@H](C)NC(=O)NC(=O)C[NH+](CC)CC(=O)Nc1ccccc1OC. The predicted molar refractivity (Wildman–Crippen MR) is 99.3 cm³/mol. The molecule has 4 N–H and O–H groups in total. The van der Waals surface area contributed by atoms with Gasteiger partial charge in [0, 0.05) is 6.04 Å². The highest BCUT2D eigenvalue weighted by molar-refractivity contribution is 5.95. The summed E-state index contributed by atoms with van der Waals surface area (Å²) in [5.41, 5.74) is 0.577. The maximum Gasteiger partial charge on any atom is 0.321 e. The number of nitrogens with one attached hydrogen (secondary N) is 4. The molecule has 8 heteroatoms. The van der Waals surface area contributed by atoms with Crippen LogP contribution < -0.4 is 25.6 Å². The fraction of sp³-hybridized carbons (Fsp3) is 0.500. The van der Waals surface area contributed by atoms with E-state index in [9.17, 15) is 14.4 Å². The van der Waals surface area contributed by atoms with Crippen LogP contribution >= 0.6 is 0 Å². The molecule has 0 aromatic heterocycles. The first-order valence-corrected chi connectivity index (χ1v) is 8.76. The first kappa shape index (κ1) is 21.4. The van der Waals surface area contributed by atoms with Crippen LogP contribution in [0.25, 0.3) is 0 Å². The smallest absolute Gasteiger partial charge is 0.321 e. The van der Waals surface area contributed by atoms with Gasteiger partial charge in [-0.15, -0.1) is 0 Å². The van der Waals surface area contributed by atoms with Crippen LogP contribution in [0.1, 0.15) is 27.2 Å². The minimum Gasteiger partial charge on any atom is -0.495 e. The summed E-state index contributed by atoms with van der Waals surface area (Å²) < 4.78 is 5.20. The molecule has 0 bridgehead atoms. The second kappa shape index (κ2) is 11.1. The maximum absolute atomic E-state index is 12.2. The quantitative estimate of drug-likeness (QED) is 0.501. The topological polar surface area (TPSA) is 101 Å². The summed E-state index contributed by atoms with van der Waals surface area (Å²) in [6.07, 6.45) is 0.775. The average Bonchev–Trinajstić information content (AvgIpc) is 2.61. The van der Waals surface area contributed by atoms with E-state index in [4.69, 9.17) is 4.74 Å². The number of benzene rings is 1. The average molecular weight is 365 g/mol. The Morgan fingerprint density at radius 3 is 2.38 bits per heavy atom. The summed E-state index contributed by atoms with van der Waals surface area (Å²) in [7, 11) is 1.53. The number of methoxy groups -OCH3 is 1. The standard InChI is InChI=1S/C18H28N4O4/c1-5-13(3)19-18(25)21-17(24)12-22(6-2)11-16(23)20-14-9-7-8-10-15(14)26-4/h7-10,13H,5-6,11-12H2,1-4H3,(H,20,23)(H2,19,21,24,25)/p+1/t13-/m0/s1. The predicted octanol–water partition coefficient (Wildman–Crippen LogP) is 0.163. The molecule has 0 saturated heterocycles. The number of carbonyl (C=O) groups excluding carboxylic acids is 3. The number of hydrogen-bond donors (Lipinski definition) is 4. The van der Waals surface area contributed by atoms with Crippen LogP contribution in [0.2, 0.25) is 0 Å². The third-order valence-electron chi connectivity index (χ3n) is 3.94. The number of quaternary nitrogens is 1. The van der Waals surface area contributed by atoms with Gasteiger partial charge in [0.05, 0.1) is 19.3 Å². The molecule has 0 heterocycles. The molecule has 1 aromatic rings. The van der Waals surface area contributed by atoms with Crippen LogP contribution in [0.15, 0.2) is 24.3 Å². The van der Waals surface area contributed by atoms with E-state index in [0.29, 0.717) is 18.0 Å². The lowest BCUT2D eigenvalue weighted by molar-refractivity contribution is -0.881. The number of rotatable bonds is 9. The number of para-hydroxylation sites is 2. The van der Waals surface area contributed by atoms with Crippen molar-refractivity contribution in [1.82, 2.24) is 10.6 Å². The number of anilines is 1. The first-order valence-electron chi connectivity index (χ1n) is 8.76. The van der Waals surface area contributed by atoms with E-state index in [1.165, 1.54) is 7.11 Å². The van der Waals surface area contributed by atoms with Crippen LogP contribution in [0.5, 0.6) is 5.75 Å². The van der Waals surface area contributed by atoms with E-state index in [1.54, 1.807) is 18.2 Å². The summed E-state index contributed by atoms with van der Waals surface area (Å²) in [6.45, 7) is 6.38. The molecule has 4 amide bonds. The van der Waals surface area contributed by atoms with Gasteiger partial charge in [0.15, 0.2) is 13.1 Å². The van der Waals surface area contributed by atoms with Gasteiger partial charge in [-0.05, 0) is 32.4 Å². The zero-order chi connectivity index (χ0) is 19.5. The fourth-order valence-electron chi connectivity index (χ4n) is 2.24. The lowest BCUT2D eigenvalue weighted by Gasteiger charge is -2.18. The van der Waals surface area contributed by atoms with Crippen LogP contribution in [-0.4, -0.2) is 50.6 Å². The molecule has 0 radical (unpaired) electrons. The van der Waals surface area contributed by atoms with Crippen LogP contribution in [0, 0.1) is 0 Å². The van der Waals surface area contributed by atoms with Crippen molar-refractivity contribution < 1.29 is 24.0 Å². The Balaban J connectivity index is 2.51. The van der Waals surface area contributed by atoms with Gasteiger partial charge in [-0.3, -0.25) is 14.9 Å². The molecule has 1 rings (SSSR count). The Morgan fingerprint density at radius 2 is 1.77 bits per heavy atom. The van der Waals surface area contributed by atoms with Crippen molar-refractivity contribution in [2.45, 2.75) is 33.2 Å². The van der Waals surface area contributed by atoms with Crippen LogP contribution in [0.3, 0.4) is 0 Å². The van der Waals surface area contributed by atoms with E-state index < -0.39 is 11.9 Å². The van der Waals surface area contributed by atoms with Crippen molar-refractivity contribution >= 4 is 23.5 Å². The van der Waals surface area contributed by atoms with Crippen LogP contribution in [0.4, 0.5) is 10.5 Å². The lowest BCUT2D eigenvalue weighted by atomic mass is 10.3. The molecule has 1 unspecified atom stereocenters. The van der Waals surface area contributed by atoms with Crippen molar-refractivity contribution in [1.29, 1.82) is 0 Å². The lowest BCUT2D eigenvalue weighted by Crippen LogP contribution is -3.14. The zero-order valence-electron chi connectivity index (χ0n) is 15.8. The Hall–Kier alpha value is -2.61. The van der Waals surface area contributed by atoms with E-state index in [-0.39, 0.29) is 25.0 Å². The third-order valence-corrected chi connectivity index (χ3v) is 3.94. The molecule has 2 atom stereocenters. The molecule has 0 aliphatic heterocycles.